The molecule has 1 aromatic heterocycles. The number of aliphatic carboxylic acids is 1. The van der Waals surface area contributed by atoms with Crippen molar-refractivity contribution in [2.75, 3.05) is 18.6 Å². The number of carboxylic acid groups (broad SMARTS) is 1. The van der Waals surface area contributed by atoms with Crippen molar-refractivity contribution < 1.29 is 24.3 Å². The Morgan fingerprint density at radius 1 is 1.27 bits per heavy atom. The maximum Gasteiger partial charge on any atom is 0.326 e. The van der Waals surface area contributed by atoms with Crippen molar-refractivity contribution in [3.05, 3.63) is 18.2 Å². The number of amides is 3. The van der Waals surface area contributed by atoms with Crippen molar-refractivity contribution in [1.29, 1.82) is 0 Å². The number of hydrogen-bond donors (Lipinski definition) is 5. The van der Waals surface area contributed by atoms with Gasteiger partial charge in [-0.3, -0.25) is 14.4 Å². The zero-order valence-electron chi connectivity index (χ0n) is 19.2. The normalized spacial score (nSPS) is 18.6. The number of thioether (sulfide) groups is 1. The second-order valence-corrected chi connectivity index (χ2v) is 9.47. The summed E-state index contributed by atoms with van der Waals surface area (Å²) in [7, 11) is 0. The highest BCUT2D eigenvalue weighted by atomic mass is 32.2. The molecule has 4 unspecified atom stereocenters. The largest absolute Gasteiger partial charge is 0.480 e. The molecule has 0 spiro atoms. The van der Waals surface area contributed by atoms with Crippen molar-refractivity contribution >= 4 is 35.5 Å². The van der Waals surface area contributed by atoms with Crippen LogP contribution in [0, 0.1) is 5.92 Å². The number of carbonyl (C=O) groups is 4. The first-order chi connectivity index (χ1) is 15.6. The number of hydrogen-bond acceptors (Lipinski definition) is 7. The summed E-state index contributed by atoms with van der Waals surface area (Å²) in [6.07, 6.45) is 6.35. The van der Waals surface area contributed by atoms with Crippen LogP contribution in [0.1, 0.15) is 38.8 Å². The third-order valence-electron chi connectivity index (χ3n) is 5.68. The maximum absolute atomic E-state index is 13.2. The molecule has 33 heavy (non-hydrogen) atoms. The Morgan fingerprint density at radius 3 is 2.55 bits per heavy atom. The average Bonchev–Trinajstić information content (AvgIpc) is 3.46. The predicted octanol–water partition coefficient (Wildman–Crippen LogP) is -0.266. The molecule has 1 fully saturated rings. The van der Waals surface area contributed by atoms with Gasteiger partial charge in [-0.15, -0.1) is 0 Å². The van der Waals surface area contributed by atoms with Gasteiger partial charge in [0.15, 0.2) is 0 Å². The number of aromatic amines is 1. The third kappa shape index (κ3) is 7.46. The van der Waals surface area contributed by atoms with Crippen LogP contribution in [0.5, 0.6) is 0 Å². The highest BCUT2D eigenvalue weighted by Crippen LogP contribution is 2.20. The van der Waals surface area contributed by atoms with Crippen molar-refractivity contribution in [1.82, 2.24) is 25.5 Å². The summed E-state index contributed by atoms with van der Waals surface area (Å²) in [6, 6.07) is -3.57. The molecule has 1 aromatic rings. The Labute approximate surface area is 197 Å². The molecule has 4 atom stereocenters. The van der Waals surface area contributed by atoms with E-state index in [1.54, 1.807) is 20.0 Å². The summed E-state index contributed by atoms with van der Waals surface area (Å²) in [4.78, 5) is 58.7. The van der Waals surface area contributed by atoms with Gasteiger partial charge >= 0.3 is 5.97 Å². The number of likely N-dealkylation sites (tertiary alicyclic amines) is 1. The van der Waals surface area contributed by atoms with E-state index >= 15 is 0 Å². The highest BCUT2D eigenvalue weighted by molar-refractivity contribution is 7.98. The summed E-state index contributed by atoms with van der Waals surface area (Å²) in [6.45, 7) is 3.94. The Kier molecular flexibility index (Phi) is 10.2. The molecule has 2 heterocycles. The molecule has 0 aromatic carbocycles. The molecular weight excluding hydrogens is 448 g/mol. The van der Waals surface area contributed by atoms with Crippen LogP contribution in [0.2, 0.25) is 0 Å². The number of imidazole rings is 1. The fraction of sp³-hybridized carbons (Fsp3) is 0.667. The lowest BCUT2D eigenvalue weighted by Gasteiger charge is -2.29. The van der Waals surface area contributed by atoms with Crippen LogP contribution in [0.4, 0.5) is 0 Å². The summed E-state index contributed by atoms with van der Waals surface area (Å²) >= 11 is 1.52. The lowest BCUT2D eigenvalue weighted by Crippen LogP contribution is -2.58. The van der Waals surface area contributed by atoms with Gasteiger partial charge < -0.3 is 31.4 Å². The van der Waals surface area contributed by atoms with E-state index in [4.69, 9.17) is 5.73 Å². The Bertz CT molecular complexity index is 818. The monoisotopic (exact) mass is 482 g/mol. The number of carboxylic acids is 1. The average molecular weight is 483 g/mol. The molecule has 6 N–H and O–H groups in total. The van der Waals surface area contributed by atoms with Crippen LogP contribution in [0.25, 0.3) is 0 Å². The second kappa shape index (κ2) is 12.6. The molecule has 0 aliphatic carbocycles. The summed E-state index contributed by atoms with van der Waals surface area (Å²) in [5.74, 6) is -2.02. The number of nitrogens with one attached hydrogen (secondary N) is 3. The van der Waals surface area contributed by atoms with Gasteiger partial charge in [0, 0.05) is 24.9 Å². The molecular formula is C21H34N6O5S. The highest BCUT2D eigenvalue weighted by Gasteiger charge is 2.38. The third-order valence-corrected chi connectivity index (χ3v) is 6.32. The first-order valence-electron chi connectivity index (χ1n) is 11.0. The number of carbonyl (C=O) groups excluding carboxylic acids is 3. The Hall–Kier alpha value is -2.60. The van der Waals surface area contributed by atoms with E-state index in [0.29, 0.717) is 37.3 Å². The summed E-state index contributed by atoms with van der Waals surface area (Å²) in [5, 5.41) is 14.9. The summed E-state index contributed by atoms with van der Waals surface area (Å²) < 4.78 is 0. The van der Waals surface area contributed by atoms with E-state index in [-0.39, 0.29) is 12.3 Å². The van der Waals surface area contributed by atoms with Gasteiger partial charge in [0.1, 0.15) is 18.1 Å². The van der Waals surface area contributed by atoms with Crippen molar-refractivity contribution in [3.8, 4) is 0 Å². The number of aromatic nitrogens is 2. The molecule has 0 saturated carbocycles. The zero-order chi connectivity index (χ0) is 24.5. The van der Waals surface area contributed by atoms with Crippen LogP contribution in [0.15, 0.2) is 12.5 Å². The number of H-pyrrole nitrogens is 1. The quantitative estimate of drug-likeness (QED) is 0.271. The smallest absolute Gasteiger partial charge is 0.326 e. The van der Waals surface area contributed by atoms with Crippen LogP contribution in [-0.4, -0.2) is 86.4 Å². The van der Waals surface area contributed by atoms with Crippen LogP contribution >= 0.6 is 11.8 Å². The SMILES string of the molecule is CSCCC(NC(=O)C(Cc1cnc[nH]1)NC(=O)C(N)C(C)C)C(=O)N1CCCC1C(=O)O. The van der Waals surface area contributed by atoms with Gasteiger partial charge in [0.2, 0.25) is 17.7 Å². The zero-order valence-corrected chi connectivity index (χ0v) is 20.1. The van der Waals surface area contributed by atoms with E-state index < -0.39 is 47.9 Å². The second-order valence-electron chi connectivity index (χ2n) is 8.48. The number of rotatable bonds is 12. The van der Waals surface area contributed by atoms with Crippen molar-refractivity contribution in [3.63, 3.8) is 0 Å². The standard InChI is InChI=1S/C21H34N6O5S/c1-12(2)17(22)19(29)26-15(9-13-10-23-11-24-13)18(28)25-14(6-8-33-3)20(30)27-7-4-5-16(27)21(31)32/h10-12,14-17H,4-9,22H2,1-3H3,(H,23,24)(H,25,28)(H,26,29)(H,31,32). The van der Waals surface area contributed by atoms with E-state index in [1.165, 1.54) is 23.0 Å². The van der Waals surface area contributed by atoms with Crippen molar-refractivity contribution in [2.24, 2.45) is 11.7 Å². The molecule has 184 valence electrons. The van der Waals surface area contributed by atoms with Gasteiger partial charge in [-0.2, -0.15) is 11.8 Å². The molecule has 0 radical (unpaired) electrons. The minimum absolute atomic E-state index is 0.125. The molecule has 12 heteroatoms. The molecule has 2 rings (SSSR count). The minimum atomic E-state index is -1.05. The molecule has 1 aliphatic rings. The first kappa shape index (κ1) is 26.7. The molecule has 1 saturated heterocycles. The van der Waals surface area contributed by atoms with Gasteiger partial charge in [-0.1, -0.05) is 13.8 Å². The van der Waals surface area contributed by atoms with E-state index in [0.717, 1.165) is 0 Å². The number of nitrogens with zero attached hydrogens (tertiary/aromatic N) is 2. The fourth-order valence-corrected chi connectivity index (χ4v) is 4.12. The Morgan fingerprint density at radius 2 is 1.97 bits per heavy atom. The van der Waals surface area contributed by atoms with Crippen molar-refractivity contribution in [2.45, 2.75) is 63.7 Å². The molecule has 11 nitrogen and oxygen atoms in total. The molecule has 0 bridgehead atoms. The van der Waals surface area contributed by atoms with Gasteiger partial charge in [0.05, 0.1) is 12.4 Å². The van der Waals surface area contributed by atoms with Gasteiger partial charge in [0.25, 0.3) is 0 Å². The predicted molar refractivity (Wildman–Crippen MR) is 124 cm³/mol. The van der Waals surface area contributed by atoms with Crippen LogP contribution in [0.3, 0.4) is 0 Å². The van der Waals surface area contributed by atoms with Gasteiger partial charge in [-0.05, 0) is 37.2 Å². The maximum atomic E-state index is 13.2. The van der Waals surface area contributed by atoms with E-state index in [1.807, 2.05) is 6.26 Å². The topological polar surface area (TPSA) is 171 Å². The molecule has 3 amide bonds. The summed E-state index contributed by atoms with van der Waals surface area (Å²) in [5.41, 5.74) is 6.57. The fourth-order valence-electron chi connectivity index (χ4n) is 3.65. The Balaban J connectivity index is 2.19. The number of nitrogens with two attached hydrogens (primary N) is 1. The molecule has 1 aliphatic heterocycles. The lowest BCUT2D eigenvalue weighted by atomic mass is 10.0. The minimum Gasteiger partial charge on any atom is -0.480 e. The van der Waals surface area contributed by atoms with E-state index in [2.05, 4.69) is 20.6 Å². The lowest BCUT2D eigenvalue weighted by molar-refractivity contribution is -0.149. The van der Waals surface area contributed by atoms with Crippen LogP contribution < -0.4 is 16.4 Å². The van der Waals surface area contributed by atoms with Crippen LogP contribution in [-0.2, 0) is 25.6 Å². The van der Waals surface area contributed by atoms with E-state index in [9.17, 15) is 24.3 Å². The first-order valence-corrected chi connectivity index (χ1v) is 12.4. The van der Waals surface area contributed by atoms with Gasteiger partial charge in [-0.25, -0.2) is 9.78 Å².